The second-order valence-electron chi connectivity index (χ2n) is 6.75. The zero-order valence-corrected chi connectivity index (χ0v) is 15.4. The molecule has 0 bridgehead atoms. The van der Waals surface area contributed by atoms with Gasteiger partial charge in [0.15, 0.2) is 4.96 Å². The lowest BCUT2D eigenvalue weighted by Crippen LogP contribution is -2.42. The van der Waals surface area contributed by atoms with Gasteiger partial charge in [0.2, 0.25) is 11.8 Å². The van der Waals surface area contributed by atoms with Crippen LogP contribution in [0.1, 0.15) is 18.5 Å². The van der Waals surface area contributed by atoms with E-state index < -0.39 is 0 Å². The van der Waals surface area contributed by atoms with Crippen molar-refractivity contribution in [2.45, 2.75) is 19.3 Å². The van der Waals surface area contributed by atoms with Crippen molar-refractivity contribution in [1.82, 2.24) is 14.3 Å². The Morgan fingerprint density at radius 1 is 1.22 bits per heavy atom. The smallest absolute Gasteiger partial charge is 0.228 e. The van der Waals surface area contributed by atoms with Crippen LogP contribution in [0.2, 0.25) is 0 Å². The standard InChI is InChI=1S/C19H19FN4O2S/c20-14-3-1-12(2-4-14)16-10-24-15(11-27-19(24)22-16)9-17(25)23-7-5-13(6-8-23)18(21)26/h1-4,10-11,13H,5-9H2,(H2,21,26). The summed E-state index contributed by atoms with van der Waals surface area (Å²) in [4.78, 5) is 31.1. The first-order valence-electron chi connectivity index (χ1n) is 8.80. The Bertz CT molecular complexity index is 987. The lowest BCUT2D eigenvalue weighted by molar-refractivity contribution is -0.134. The molecule has 8 heteroatoms. The summed E-state index contributed by atoms with van der Waals surface area (Å²) >= 11 is 1.47. The predicted octanol–water partition coefficient (Wildman–Crippen LogP) is 2.47. The summed E-state index contributed by atoms with van der Waals surface area (Å²) < 4.78 is 15.0. The van der Waals surface area contributed by atoms with Crippen molar-refractivity contribution < 1.29 is 14.0 Å². The molecule has 27 heavy (non-hydrogen) atoms. The highest BCUT2D eigenvalue weighted by Crippen LogP contribution is 2.25. The molecule has 1 fully saturated rings. The van der Waals surface area contributed by atoms with Crippen LogP contribution in [0.3, 0.4) is 0 Å². The first-order chi connectivity index (χ1) is 13.0. The van der Waals surface area contributed by atoms with Gasteiger partial charge in [-0.05, 0) is 37.1 Å². The molecular weight excluding hydrogens is 367 g/mol. The van der Waals surface area contributed by atoms with Gasteiger partial charge in [-0.3, -0.25) is 14.0 Å². The number of likely N-dealkylation sites (tertiary alicyclic amines) is 1. The van der Waals surface area contributed by atoms with E-state index in [1.807, 2.05) is 16.0 Å². The van der Waals surface area contributed by atoms with Crippen LogP contribution in [0.15, 0.2) is 35.8 Å². The predicted molar refractivity (Wildman–Crippen MR) is 101 cm³/mol. The molecule has 0 radical (unpaired) electrons. The maximum Gasteiger partial charge on any atom is 0.228 e. The molecule has 0 spiro atoms. The quantitative estimate of drug-likeness (QED) is 0.748. The van der Waals surface area contributed by atoms with E-state index >= 15 is 0 Å². The molecule has 3 heterocycles. The number of halogens is 1. The molecule has 2 aromatic heterocycles. The first kappa shape index (κ1) is 17.7. The molecule has 0 aliphatic carbocycles. The lowest BCUT2D eigenvalue weighted by atomic mass is 9.96. The minimum absolute atomic E-state index is 0.0367. The number of amides is 2. The van der Waals surface area contributed by atoms with Gasteiger partial charge in [0.1, 0.15) is 5.82 Å². The van der Waals surface area contributed by atoms with Crippen LogP contribution in [0.25, 0.3) is 16.2 Å². The van der Waals surface area contributed by atoms with E-state index in [4.69, 9.17) is 5.73 Å². The molecule has 0 atom stereocenters. The number of thiazole rings is 1. The lowest BCUT2D eigenvalue weighted by Gasteiger charge is -2.30. The number of fused-ring (bicyclic) bond motifs is 1. The van der Waals surface area contributed by atoms with Gasteiger partial charge >= 0.3 is 0 Å². The third-order valence-electron chi connectivity index (χ3n) is 5.01. The second-order valence-corrected chi connectivity index (χ2v) is 7.58. The molecule has 6 nitrogen and oxygen atoms in total. The van der Waals surface area contributed by atoms with Gasteiger partial charge in [-0.2, -0.15) is 0 Å². The average Bonchev–Trinajstić information content (AvgIpc) is 3.24. The molecule has 1 saturated heterocycles. The molecule has 1 aliphatic heterocycles. The third kappa shape index (κ3) is 3.57. The summed E-state index contributed by atoms with van der Waals surface area (Å²) in [6, 6.07) is 6.19. The molecule has 0 unspecified atom stereocenters. The molecule has 2 N–H and O–H groups in total. The van der Waals surface area contributed by atoms with Crippen molar-refractivity contribution in [2.75, 3.05) is 13.1 Å². The monoisotopic (exact) mass is 386 g/mol. The summed E-state index contributed by atoms with van der Waals surface area (Å²) in [5.74, 6) is -0.664. The van der Waals surface area contributed by atoms with E-state index in [-0.39, 0.29) is 30.0 Å². The van der Waals surface area contributed by atoms with Crippen molar-refractivity contribution in [3.63, 3.8) is 0 Å². The van der Waals surface area contributed by atoms with Gasteiger partial charge in [0.25, 0.3) is 0 Å². The molecule has 4 rings (SSSR count). The topological polar surface area (TPSA) is 80.7 Å². The minimum atomic E-state index is -0.286. The van der Waals surface area contributed by atoms with Crippen LogP contribution in [0.4, 0.5) is 4.39 Å². The number of nitrogens with two attached hydrogens (primary N) is 1. The Hall–Kier alpha value is -2.74. The Morgan fingerprint density at radius 3 is 2.59 bits per heavy atom. The van der Waals surface area contributed by atoms with Crippen molar-refractivity contribution >= 4 is 28.1 Å². The Kier molecular flexibility index (Phi) is 4.65. The van der Waals surface area contributed by atoms with E-state index in [1.165, 1.54) is 23.5 Å². The number of hydrogen-bond acceptors (Lipinski definition) is 4. The summed E-state index contributed by atoms with van der Waals surface area (Å²) in [5.41, 5.74) is 7.80. The first-order valence-corrected chi connectivity index (χ1v) is 9.68. The van der Waals surface area contributed by atoms with Gasteiger partial charge in [0.05, 0.1) is 12.1 Å². The molecule has 0 saturated carbocycles. The molecule has 2 amide bonds. The third-order valence-corrected chi connectivity index (χ3v) is 5.89. The number of benzene rings is 1. The highest BCUT2D eigenvalue weighted by molar-refractivity contribution is 7.15. The highest BCUT2D eigenvalue weighted by atomic mass is 32.1. The average molecular weight is 386 g/mol. The van der Waals surface area contributed by atoms with Crippen molar-refractivity contribution in [3.05, 3.63) is 47.4 Å². The Labute approximate surface area is 159 Å². The number of carbonyl (C=O) groups is 2. The largest absolute Gasteiger partial charge is 0.369 e. The van der Waals surface area contributed by atoms with Crippen LogP contribution in [0, 0.1) is 11.7 Å². The molecule has 1 aromatic carbocycles. The molecule has 3 aromatic rings. The summed E-state index contributed by atoms with van der Waals surface area (Å²) in [6.07, 6.45) is 3.40. The fourth-order valence-electron chi connectivity index (χ4n) is 3.40. The fraction of sp³-hybridized carbons (Fsp3) is 0.316. The van der Waals surface area contributed by atoms with E-state index in [9.17, 15) is 14.0 Å². The minimum Gasteiger partial charge on any atom is -0.369 e. The molecular formula is C19H19FN4O2S. The number of piperidine rings is 1. The summed E-state index contributed by atoms with van der Waals surface area (Å²) in [5, 5.41) is 1.94. The number of primary amides is 1. The van der Waals surface area contributed by atoms with Crippen molar-refractivity contribution in [2.24, 2.45) is 11.7 Å². The van der Waals surface area contributed by atoms with Crippen LogP contribution >= 0.6 is 11.3 Å². The number of carbonyl (C=O) groups excluding carboxylic acids is 2. The number of aromatic nitrogens is 2. The van der Waals surface area contributed by atoms with Crippen LogP contribution in [-0.2, 0) is 16.0 Å². The zero-order chi connectivity index (χ0) is 19.0. The van der Waals surface area contributed by atoms with Crippen molar-refractivity contribution in [3.8, 4) is 11.3 Å². The Morgan fingerprint density at radius 2 is 1.93 bits per heavy atom. The molecule has 140 valence electrons. The highest BCUT2D eigenvalue weighted by Gasteiger charge is 2.26. The number of nitrogens with zero attached hydrogens (tertiary/aromatic N) is 3. The number of imidazole rings is 1. The normalized spacial score (nSPS) is 15.4. The zero-order valence-electron chi connectivity index (χ0n) is 14.6. The van der Waals surface area contributed by atoms with Gasteiger partial charge in [0, 0.05) is 41.8 Å². The maximum absolute atomic E-state index is 13.1. The van der Waals surface area contributed by atoms with E-state index in [2.05, 4.69) is 4.98 Å². The van der Waals surface area contributed by atoms with E-state index in [1.54, 1.807) is 17.0 Å². The van der Waals surface area contributed by atoms with E-state index in [0.717, 1.165) is 21.9 Å². The molecule has 1 aliphatic rings. The van der Waals surface area contributed by atoms with Crippen LogP contribution < -0.4 is 5.73 Å². The number of rotatable bonds is 4. The fourth-order valence-corrected chi connectivity index (χ4v) is 4.27. The van der Waals surface area contributed by atoms with Gasteiger partial charge < -0.3 is 10.6 Å². The van der Waals surface area contributed by atoms with Gasteiger partial charge in [-0.1, -0.05) is 0 Å². The van der Waals surface area contributed by atoms with Gasteiger partial charge in [-0.15, -0.1) is 11.3 Å². The van der Waals surface area contributed by atoms with Crippen LogP contribution in [0.5, 0.6) is 0 Å². The summed E-state index contributed by atoms with van der Waals surface area (Å²) in [7, 11) is 0. The second kappa shape index (κ2) is 7.11. The maximum atomic E-state index is 13.1. The van der Waals surface area contributed by atoms with Gasteiger partial charge in [-0.25, -0.2) is 9.37 Å². The van der Waals surface area contributed by atoms with Crippen LogP contribution in [-0.4, -0.2) is 39.2 Å². The Balaban J connectivity index is 1.48. The van der Waals surface area contributed by atoms with E-state index in [0.29, 0.717) is 25.9 Å². The number of hydrogen-bond donors (Lipinski definition) is 1. The van der Waals surface area contributed by atoms with Crippen molar-refractivity contribution in [1.29, 1.82) is 0 Å². The SMILES string of the molecule is NC(=O)C1CCN(C(=O)Cc2csc3nc(-c4ccc(F)cc4)cn23)CC1. The summed E-state index contributed by atoms with van der Waals surface area (Å²) in [6.45, 7) is 1.12.